The summed E-state index contributed by atoms with van der Waals surface area (Å²) in [7, 11) is 5.32. The maximum Gasteiger partial charge on any atom is 0.311 e. The van der Waals surface area contributed by atoms with Crippen LogP contribution in [-0.4, -0.2) is 143 Å². The minimum absolute atomic E-state index is 0.0328. The monoisotopic (exact) mass is 718 g/mol. The van der Waals surface area contributed by atoms with Crippen LogP contribution in [0.2, 0.25) is 0 Å². The van der Waals surface area contributed by atoms with E-state index in [1.807, 2.05) is 53.6 Å². The first-order valence-corrected chi connectivity index (χ1v) is 18.6. The number of hydrogen-bond donors (Lipinski definition) is 5. The molecule has 0 amide bonds. The number of nitrogens with zero attached hydrogens (tertiary/aromatic N) is 1. The summed E-state index contributed by atoms with van der Waals surface area (Å²) in [6, 6.07) is -0.355. The molecule has 50 heavy (non-hydrogen) atoms. The molecule has 5 N–H and O–H groups in total. The standard InChI is InChI=1S/C37H70N2O11/c1-14-27-35(8,43)17-21(3)38-19-20(2)16-36(9,44)32(50-34-29(40)26(39(11)12)15-22(4)46-34)23(5)30(24(6)33(42)48-27)49-28-18-37(10,45-13)31(41)25(7)47-28/h20-32,34,38,40-41,43-44H,14-19H2,1-13H3/t20-,21+,22-,23+,24-,25+,26+,27-,28+,29-,30+,31+,32-,34+,35+,36+,37-/m1/s1. The molecular formula is C37H70N2O11. The summed E-state index contributed by atoms with van der Waals surface area (Å²) in [5.41, 5.74) is -3.79. The second-order valence-electron chi connectivity index (χ2n) is 16.7. The molecule has 0 saturated carbocycles. The van der Waals surface area contributed by atoms with Gasteiger partial charge in [0.1, 0.15) is 23.9 Å². The maximum atomic E-state index is 14.1. The highest BCUT2D eigenvalue weighted by molar-refractivity contribution is 5.73. The Bertz CT molecular complexity index is 1080. The number of aliphatic hydroxyl groups excluding tert-OH is 2. The van der Waals surface area contributed by atoms with Crippen molar-refractivity contribution in [3.05, 3.63) is 0 Å². The molecule has 0 radical (unpaired) electrons. The van der Waals surface area contributed by atoms with Crippen LogP contribution in [0.25, 0.3) is 0 Å². The Morgan fingerprint density at radius 3 is 2.16 bits per heavy atom. The normalized spacial score (nSPS) is 49.2. The van der Waals surface area contributed by atoms with Gasteiger partial charge in [-0.05, 0) is 101 Å². The number of esters is 1. The summed E-state index contributed by atoms with van der Waals surface area (Å²) < 4.78 is 37.6. The molecule has 3 fully saturated rings. The van der Waals surface area contributed by atoms with Gasteiger partial charge in [0.2, 0.25) is 0 Å². The van der Waals surface area contributed by atoms with Gasteiger partial charge in [0.15, 0.2) is 12.6 Å². The third-order valence-corrected chi connectivity index (χ3v) is 11.4. The summed E-state index contributed by atoms with van der Waals surface area (Å²) in [6.45, 7) is 18.8. The average Bonchev–Trinajstić information content (AvgIpc) is 3.02. The van der Waals surface area contributed by atoms with Crippen LogP contribution in [0.5, 0.6) is 0 Å². The first-order valence-electron chi connectivity index (χ1n) is 18.6. The predicted octanol–water partition coefficient (Wildman–Crippen LogP) is 2.59. The van der Waals surface area contributed by atoms with Crippen molar-refractivity contribution in [2.24, 2.45) is 17.8 Å². The van der Waals surface area contributed by atoms with E-state index < -0.39 is 83.8 Å². The van der Waals surface area contributed by atoms with Gasteiger partial charge < -0.3 is 59.1 Å². The molecule has 3 heterocycles. The number of carbonyl (C=O) groups is 1. The van der Waals surface area contributed by atoms with Gasteiger partial charge in [0.05, 0.1) is 41.5 Å². The van der Waals surface area contributed by atoms with Crippen molar-refractivity contribution in [3.8, 4) is 0 Å². The van der Waals surface area contributed by atoms with E-state index in [4.69, 9.17) is 28.4 Å². The predicted molar refractivity (Wildman–Crippen MR) is 188 cm³/mol. The van der Waals surface area contributed by atoms with Crippen LogP contribution in [0, 0.1) is 17.8 Å². The molecule has 13 heteroatoms. The fraction of sp³-hybridized carbons (Fsp3) is 0.973. The number of hydrogen-bond acceptors (Lipinski definition) is 13. The van der Waals surface area contributed by atoms with Crippen LogP contribution in [0.3, 0.4) is 0 Å². The first kappa shape index (κ1) is 43.4. The zero-order valence-corrected chi connectivity index (χ0v) is 32.9. The summed E-state index contributed by atoms with van der Waals surface area (Å²) in [6.07, 6.45) is -5.68. The minimum atomic E-state index is -1.48. The number of ether oxygens (including phenoxy) is 6. The van der Waals surface area contributed by atoms with Gasteiger partial charge in [0, 0.05) is 31.5 Å². The molecule has 0 aromatic carbocycles. The van der Waals surface area contributed by atoms with E-state index in [1.54, 1.807) is 34.6 Å². The van der Waals surface area contributed by atoms with Gasteiger partial charge in [0.25, 0.3) is 0 Å². The van der Waals surface area contributed by atoms with E-state index in [-0.39, 0.29) is 30.5 Å². The summed E-state index contributed by atoms with van der Waals surface area (Å²) in [5, 5.41) is 49.8. The molecule has 0 unspecified atom stereocenters. The van der Waals surface area contributed by atoms with E-state index in [2.05, 4.69) is 5.32 Å². The topological polar surface area (TPSA) is 169 Å². The number of rotatable bonds is 7. The third-order valence-electron chi connectivity index (χ3n) is 11.4. The Morgan fingerprint density at radius 2 is 1.58 bits per heavy atom. The van der Waals surface area contributed by atoms with E-state index in [0.717, 1.165) is 0 Å². The summed E-state index contributed by atoms with van der Waals surface area (Å²) in [4.78, 5) is 16.0. The van der Waals surface area contributed by atoms with Gasteiger partial charge in [-0.3, -0.25) is 4.79 Å². The van der Waals surface area contributed by atoms with Crippen molar-refractivity contribution in [2.45, 2.75) is 186 Å². The first-order chi connectivity index (χ1) is 23.1. The molecule has 294 valence electrons. The zero-order valence-electron chi connectivity index (χ0n) is 32.9. The minimum Gasteiger partial charge on any atom is -0.459 e. The molecule has 0 aromatic heterocycles. The smallest absolute Gasteiger partial charge is 0.311 e. The molecule has 3 aliphatic rings. The average molecular weight is 719 g/mol. The van der Waals surface area contributed by atoms with Crippen LogP contribution in [0.4, 0.5) is 0 Å². The Labute approximate surface area is 300 Å². The lowest BCUT2D eigenvalue weighted by Gasteiger charge is -2.48. The highest BCUT2D eigenvalue weighted by Crippen LogP contribution is 2.39. The largest absolute Gasteiger partial charge is 0.459 e. The van der Waals surface area contributed by atoms with Crippen LogP contribution in [0.15, 0.2) is 0 Å². The van der Waals surface area contributed by atoms with Crippen molar-refractivity contribution >= 4 is 5.97 Å². The van der Waals surface area contributed by atoms with Crippen molar-refractivity contribution < 1.29 is 53.6 Å². The third kappa shape index (κ3) is 10.4. The van der Waals surface area contributed by atoms with Crippen LogP contribution >= 0.6 is 0 Å². The molecule has 13 nitrogen and oxygen atoms in total. The van der Waals surface area contributed by atoms with Crippen molar-refractivity contribution in [2.75, 3.05) is 27.7 Å². The lowest BCUT2D eigenvalue weighted by atomic mass is 9.77. The summed E-state index contributed by atoms with van der Waals surface area (Å²) in [5.74, 6) is -2.22. The number of aliphatic hydroxyl groups is 4. The molecule has 3 saturated heterocycles. The highest BCUT2D eigenvalue weighted by atomic mass is 16.7. The van der Waals surface area contributed by atoms with Gasteiger partial charge in [-0.2, -0.15) is 0 Å². The van der Waals surface area contributed by atoms with Crippen LogP contribution in [-0.2, 0) is 33.2 Å². The van der Waals surface area contributed by atoms with E-state index in [1.165, 1.54) is 7.11 Å². The van der Waals surface area contributed by atoms with Crippen LogP contribution in [0.1, 0.15) is 101 Å². The molecule has 0 spiro atoms. The number of methoxy groups -OCH3 is 1. The van der Waals surface area contributed by atoms with Gasteiger partial charge >= 0.3 is 5.97 Å². The van der Waals surface area contributed by atoms with E-state index in [9.17, 15) is 25.2 Å². The Balaban J connectivity index is 2.13. The van der Waals surface area contributed by atoms with Crippen molar-refractivity contribution in [1.82, 2.24) is 10.2 Å². The lowest BCUT2D eigenvalue weighted by Crippen LogP contribution is -2.60. The number of cyclic esters (lactones) is 1. The van der Waals surface area contributed by atoms with E-state index >= 15 is 0 Å². The molecular weight excluding hydrogens is 648 g/mol. The second-order valence-corrected chi connectivity index (χ2v) is 16.7. The molecule has 0 aliphatic carbocycles. The second kappa shape index (κ2) is 17.4. The van der Waals surface area contributed by atoms with Crippen LogP contribution < -0.4 is 5.32 Å². The molecule has 0 bridgehead atoms. The Hall–Kier alpha value is -0.970. The van der Waals surface area contributed by atoms with E-state index in [0.29, 0.717) is 32.2 Å². The van der Waals surface area contributed by atoms with Gasteiger partial charge in [-0.1, -0.05) is 20.8 Å². The maximum absolute atomic E-state index is 14.1. The number of likely N-dealkylation sites (N-methyl/N-ethyl adjacent to an activating group) is 1. The molecule has 17 atom stereocenters. The van der Waals surface area contributed by atoms with Gasteiger partial charge in [-0.25, -0.2) is 0 Å². The number of carbonyl (C=O) groups excluding carboxylic acids is 1. The molecule has 3 aliphatic heterocycles. The van der Waals surface area contributed by atoms with Crippen molar-refractivity contribution in [1.29, 1.82) is 0 Å². The van der Waals surface area contributed by atoms with Gasteiger partial charge in [-0.15, -0.1) is 0 Å². The molecule has 0 aromatic rings. The van der Waals surface area contributed by atoms with Crippen molar-refractivity contribution in [3.63, 3.8) is 0 Å². The molecule has 3 rings (SSSR count). The zero-order chi connectivity index (χ0) is 37.9. The fourth-order valence-electron chi connectivity index (χ4n) is 8.43. The Kier molecular flexibility index (Phi) is 15.2. The Morgan fingerprint density at radius 1 is 0.940 bits per heavy atom. The number of nitrogens with one attached hydrogen (secondary N) is 1. The highest BCUT2D eigenvalue weighted by Gasteiger charge is 2.51. The SMILES string of the molecule is CC[C@H]1OC(=O)[C@H](C)[C@@H](O[C@H]2C[C@@](C)(OC)[C@@H](O)[C@H](C)O2)[C@H](C)[C@@H](O[C@@H]2O[C@H](C)C[C@H](N(C)C)[C@H]2O)[C@@](C)(O)C[C@@H](C)CN[C@@H](C)C[C@]1(C)O. The lowest BCUT2D eigenvalue weighted by molar-refractivity contribution is -0.318. The fourth-order valence-corrected chi connectivity index (χ4v) is 8.43. The summed E-state index contributed by atoms with van der Waals surface area (Å²) >= 11 is 0. The quantitative estimate of drug-likeness (QED) is 0.244.